The molecule has 6 heterocycles. The summed E-state index contributed by atoms with van der Waals surface area (Å²) in [5.41, 5.74) is 3.62. The summed E-state index contributed by atoms with van der Waals surface area (Å²) in [6.07, 6.45) is -0.0518. The van der Waals surface area contributed by atoms with Crippen LogP contribution < -0.4 is 16.4 Å². The average molecular weight is 837 g/mol. The minimum atomic E-state index is -1.54. The van der Waals surface area contributed by atoms with Crippen LogP contribution in [-0.4, -0.2) is 114 Å². The van der Waals surface area contributed by atoms with Gasteiger partial charge in [0, 0.05) is 103 Å². The van der Waals surface area contributed by atoms with E-state index in [0.29, 0.717) is 11.4 Å². The molecular formula is C41H52N6O13. The minimum absolute atomic E-state index is 0.00135. The number of amides is 2. The van der Waals surface area contributed by atoms with Gasteiger partial charge in [-0.05, 0) is 44.6 Å². The molecule has 13 atom stereocenters. The van der Waals surface area contributed by atoms with E-state index in [4.69, 9.17) is 20.7 Å². The molecule has 19 nitrogen and oxygen atoms in total. The van der Waals surface area contributed by atoms with Crippen LogP contribution in [0.1, 0.15) is 97.3 Å². The zero-order valence-corrected chi connectivity index (χ0v) is 33.5. The summed E-state index contributed by atoms with van der Waals surface area (Å²) in [5.74, 6) is -12.4. The molecule has 324 valence electrons. The van der Waals surface area contributed by atoms with Crippen LogP contribution in [0.15, 0.2) is 26.8 Å². The van der Waals surface area contributed by atoms with Crippen molar-refractivity contribution in [3.05, 3.63) is 11.8 Å². The number of carbonyl (C=O) groups is 8. The maximum Gasteiger partial charge on any atom is 0.304 e. The molecule has 1 spiro atoms. The van der Waals surface area contributed by atoms with Crippen molar-refractivity contribution in [2.24, 2.45) is 73.0 Å². The third kappa shape index (κ3) is 7.16. The van der Waals surface area contributed by atoms with Crippen LogP contribution in [0, 0.1) is 52.3 Å². The first-order valence-corrected chi connectivity index (χ1v) is 20.6. The van der Waals surface area contributed by atoms with Crippen LogP contribution in [0.5, 0.6) is 0 Å². The van der Waals surface area contributed by atoms with Gasteiger partial charge in [0.05, 0.1) is 42.3 Å². The monoisotopic (exact) mass is 836 g/mol. The van der Waals surface area contributed by atoms with Gasteiger partial charge in [-0.3, -0.25) is 53.3 Å². The minimum Gasteiger partial charge on any atom is -0.481 e. The van der Waals surface area contributed by atoms with E-state index in [1.165, 1.54) is 0 Å². The molecule has 3 fully saturated rings. The van der Waals surface area contributed by atoms with Crippen molar-refractivity contribution in [3.63, 3.8) is 0 Å². The number of carboxylic acid groups (broad SMARTS) is 5. The van der Waals surface area contributed by atoms with E-state index in [-0.39, 0.29) is 100 Å². The second kappa shape index (κ2) is 15.5. The summed E-state index contributed by atoms with van der Waals surface area (Å²) < 4.78 is 0. The highest BCUT2D eigenvalue weighted by atomic mass is 16.4. The molecule has 6 aliphatic heterocycles. The van der Waals surface area contributed by atoms with Crippen molar-refractivity contribution in [3.8, 4) is 0 Å². The van der Waals surface area contributed by atoms with Crippen molar-refractivity contribution >= 4 is 64.6 Å². The number of nitrogens with zero attached hydrogens (tertiary/aromatic N) is 3. The van der Waals surface area contributed by atoms with Gasteiger partial charge in [-0.1, -0.05) is 6.92 Å². The normalized spacial score (nSPS) is 38.8. The fourth-order valence-electron chi connectivity index (χ4n) is 12.2. The number of aliphatic carboxylic acids is 5. The van der Waals surface area contributed by atoms with Crippen molar-refractivity contribution in [2.45, 2.75) is 121 Å². The number of allylic oxidation sites excluding steroid dienone is 2. The summed E-state index contributed by atoms with van der Waals surface area (Å²) >= 11 is 0. The Morgan fingerprint density at radius 1 is 0.800 bits per heavy atom. The zero-order valence-electron chi connectivity index (χ0n) is 33.5. The van der Waals surface area contributed by atoms with E-state index >= 15 is 0 Å². The van der Waals surface area contributed by atoms with E-state index in [9.17, 15) is 63.9 Å². The molecule has 0 aromatic carbocycles. The highest BCUT2D eigenvalue weighted by Crippen LogP contribution is 2.59. The molecule has 19 heteroatoms. The number of rotatable bonds is 14. The van der Waals surface area contributed by atoms with E-state index in [2.05, 4.69) is 10.6 Å². The molecule has 5 unspecified atom stereocenters. The zero-order chi connectivity index (χ0) is 43.6. The lowest BCUT2D eigenvalue weighted by atomic mass is 9.63. The lowest BCUT2D eigenvalue weighted by molar-refractivity contribution is -0.139. The lowest BCUT2D eigenvalue weighted by Crippen LogP contribution is -2.59. The van der Waals surface area contributed by atoms with Crippen molar-refractivity contribution in [1.82, 2.24) is 10.6 Å². The highest BCUT2D eigenvalue weighted by molar-refractivity contribution is 6.13. The van der Waals surface area contributed by atoms with Crippen LogP contribution in [0.3, 0.4) is 0 Å². The largest absolute Gasteiger partial charge is 0.481 e. The van der Waals surface area contributed by atoms with Gasteiger partial charge in [0.25, 0.3) is 0 Å². The molecule has 7 rings (SSSR count). The van der Waals surface area contributed by atoms with E-state index in [0.717, 1.165) is 0 Å². The predicted molar refractivity (Wildman–Crippen MR) is 209 cm³/mol. The number of fused-ring (bicyclic) bond motifs is 5. The van der Waals surface area contributed by atoms with Gasteiger partial charge in [-0.2, -0.15) is 0 Å². The Morgan fingerprint density at radius 3 is 2.08 bits per heavy atom. The molecule has 1 saturated carbocycles. The average Bonchev–Trinajstić information content (AvgIpc) is 3.84. The molecule has 60 heavy (non-hydrogen) atoms. The number of nitrogens with two attached hydrogens (primary N) is 1. The van der Waals surface area contributed by atoms with Gasteiger partial charge in [-0.15, -0.1) is 0 Å². The molecule has 8 bridgehead atoms. The van der Waals surface area contributed by atoms with Gasteiger partial charge in [-0.25, -0.2) is 0 Å². The number of hydrogen-bond donors (Lipinski definition) is 8. The molecule has 1 aliphatic carbocycles. The van der Waals surface area contributed by atoms with E-state index in [1.807, 2.05) is 6.92 Å². The summed E-state index contributed by atoms with van der Waals surface area (Å²) in [4.78, 5) is 118. The van der Waals surface area contributed by atoms with Crippen molar-refractivity contribution in [1.29, 1.82) is 0 Å². The van der Waals surface area contributed by atoms with E-state index in [1.54, 1.807) is 13.0 Å². The Labute approximate surface area is 344 Å². The fourth-order valence-corrected chi connectivity index (χ4v) is 12.2. The second-order valence-corrected chi connectivity index (χ2v) is 18.2. The molecular weight excluding hydrogens is 784 g/mol. The maximum absolute atomic E-state index is 14.2. The molecule has 7 aliphatic rings. The number of ketones is 1. The summed E-state index contributed by atoms with van der Waals surface area (Å²) in [5, 5.41) is 56.6. The summed E-state index contributed by atoms with van der Waals surface area (Å²) in [7, 11) is 0. The number of carboxylic acids is 5. The maximum atomic E-state index is 14.2. The highest BCUT2D eigenvalue weighted by Gasteiger charge is 2.67. The van der Waals surface area contributed by atoms with Crippen LogP contribution >= 0.6 is 0 Å². The van der Waals surface area contributed by atoms with E-state index < -0.39 is 118 Å². The van der Waals surface area contributed by atoms with Gasteiger partial charge < -0.3 is 41.9 Å². The first-order chi connectivity index (χ1) is 28.2. The molecule has 2 saturated heterocycles. The Hall–Kier alpha value is -5.49. The van der Waals surface area contributed by atoms with Gasteiger partial charge in [0.1, 0.15) is 11.4 Å². The molecule has 0 aromatic rings. The Balaban J connectivity index is 1.48. The third-order valence-corrected chi connectivity index (χ3v) is 15.1. The van der Waals surface area contributed by atoms with Crippen molar-refractivity contribution in [2.75, 3.05) is 0 Å². The molecule has 2 amide bonds. The third-order valence-electron chi connectivity index (χ3n) is 15.1. The first-order valence-electron chi connectivity index (χ1n) is 20.6. The summed E-state index contributed by atoms with van der Waals surface area (Å²) in [6.45, 7) is 3.42. The second-order valence-electron chi connectivity index (χ2n) is 18.2. The summed E-state index contributed by atoms with van der Waals surface area (Å²) in [6, 6.07) is -2.63. The Kier molecular flexibility index (Phi) is 11.0. The fraction of sp³-hybridized carbons (Fsp3) is 0.683. The van der Waals surface area contributed by atoms with Crippen LogP contribution in [0.2, 0.25) is 0 Å². The predicted octanol–water partition coefficient (Wildman–Crippen LogP) is 1.67. The topological polar surface area (TPSA) is 325 Å². The molecule has 9 N–H and O–H groups in total. The first kappa shape index (κ1) is 42.6. The standard InChI is InChI=1S/C41H52N6O13/c1-39-16-29(49)47-41(39)15-26-22(6-10-32(54)55)40(2,38(42)60)28(43-26)14-24-20(12-34(58)59)17-3-7-27(48)35(36(17)45-24)37-18(4-8-30(50)51)19(11-33(56)57)23(44-37)13-25(46-41)21(39)5-9-31(52)53/h13,17-22,24,26,35,37,46H,3-12,14-16H2,1-2H3,(H2,42,60)(H,47,49)(H,50,51)(H,52,53)(H,54,55)(H,56,57)(H,58,59)/t17-,18-,19-,20?,21+,22+,24?,26?,35?,37?,39-,40-,41-/m0/s1. The van der Waals surface area contributed by atoms with Crippen molar-refractivity contribution < 1.29 is 63.9 Å². The van der Waals surface area contributed by atoms with Gasteiger partial charge in [0.15, 0.2) is 0 Å². The van der Waals surface area contributed by atoms with Gasteiger partial charge >= 0.3 is 29.8 Å². The van der Waals surface area contributed by atoms with Crippen LogP contribution in [0.4, 0.5) is 0 Å². The number of carbonyl (C=O) groups excluding carboxylic acids is 3. The number of hydrogen-bond acceptors (Lipinski definition) is 12. The Morgan fingerprint density at radius 2 is 1.45 bits per heavy atom. The number of primary amides is 1. The van der Waals surface area contributed by atoms with Gasteiger partial charge in [0.2, 0.25) is 11.8 Å². The number of Topliss-reactive ketones (excluding diaryl/α,β-unsaturated/α-hetero) is 1. The van der Waals surface area contributed by atoms with Crippen LogP contribution in [-0.2, 0) is 38.4 Å². The number of nitrogens with one attached hydrogen (secondary N) is 2. The molecule has 0 aromatic heterocycles. The SMILES string of the molecule is C[C@@]1(C(N)=O)C2=NC(C[C@]34NC(=O)C[C@@]3(C)[C@H](CCC(=O)O)C(=CC3=NC(C5C(=O)CC[C@@H]6C5=NC(C2)C6CC(=O)O)[C@@H](CCC(=O)O)[C@@H]3CC(=O)O)N4)[C@H]1CCC(=O)O. The Bertz CT molecular complexity index is 2060. The lowest BCUT2D eigenvalue weighted by Gasteiger charge is -2.42. The smallest absolute Gasteiger partial charge is 0.304 e. The molecule has 0 radical (unpaired) electrons. The quantitative estimate of drug-likeness (QED) is 0.123. The number of aliphatic imine (C=N–C) groups is 3. The van der Waals surface area contributed by atoms with Crippen LogP contribution in [0.25, 0.3) is 0 Å².